The Hall–Kier alpha value is -0.690. The van der Waals surface area contributed by atoms with Gasteiger partial charge in [0, 0.05) is 13.0 Å². The Morgan fingerprint density at radius 2 is 1.80 bits per heavy atom. The molecule has 0 aromatic rings. The van der Waals surface area contributed by atoms with Crippen LogP contribution in [0.2, 0.25) is 0 Å². The van der Waals surface area contributed by atoms with Gasteiger partial charge in [-0.25, -0.2) is 0 Å². The SMILES string of the molecule is C[C@H](CCC(=O)NCCCN(C)C)[C@H]1CC[C@@H]2[C@H]3[C@H](O)C[C@@H]4C[C@H](O)CC[C@]4(C)[C@H]3C[C@H](O)[C@@]21C. The van der Waals surface area contributed by atoms with Gasteiger partial charge in [-0.05, 0) is 125 Å². The lowest BCUT2D eigenvalue weighted by molar-refractivity contribution is -0.207. The molecule has 4 fully saturated rings. The van der Waals surface area contributed by atoms with E-state index < -0.39 is 0 Å². The van der Waals surface area contributed by atoms with Crippen molar-refractivity contribution in [2.45, 2.75) is 103 Å². The van der Waals surface area contributed by atoms with Crippen molar-refractivity contribution in [2.24, 2.45) is 46.3 Å². The summed E-state index contributed by atoms with van der Waals surface area (Å²) in [5.41, 5.74) is -0.0824. The summed E-state index contributed by atoms with van der Waals surface area (Å²) in [4.78, 5) is 14.6. The van der Waals surface area contributed by atoms with Crippen molar-refractivity contribution in [3.63, 3.8) is 0 Å². The second-order valence-corrected chi connectivity index (χ2v) is 13.5. The molecule has 4 aliphatic rings. The molecule has 4 rings (SSSR count). The van der Waals surface area contributed by atoms with E-state index in [-0.39, 0.29) is 41.0 Å². The van der Waals surface area contributed by atoms with Crippen LogP contribution in [0.1, 0.15) is 85.0 Å². The molecule has 0 bridgehead atoms. The summed E-state index contributed by atoms with van der Waals surface area (Å²) in [5, 5.41) is 36.5. The van der Waals surface area contributed by atoms with Crippen molar-refractivity contribution in [1.29, 1.82) is 0 Å². The van der Waals surface area contributed by atoms with E-state index >= 15 is 0 Å². The van der Waals surface area contributed by atoms with Gasteiger partial charge in [0.15, 0.2) is 0 Å². The molecule has 6 heteroatoms. The first-order chi connectivity index (χ1) is 16.5. The molecular formula is C29H52N2O4. The van der Waals surface area contributed by atoms with Gasteiger partial charge < -0.3 is 25.5 Å². The van der Waals surface area contributed by atoms with E-state index in [1.165, 1.54) is 0 Å². The van der Waals surface area contributed by atoms with E-state index in [1.807, 2.05) is 14.1 Å². The van der Waals surface area contributed by atoms with Crippen LogP contribution in [-0.2, 0) is 4.79 Å². The number of aliphatic hydroxyl groups excluding tert-OH is 3. The van der Waals surface area contributed by atoms with Gasteiger partial charge in [-0.2, -0.15) is 0 Å². The maximum Gasteiger partial charge on any atom is 0.220 e. The molecule has 4 saturated carbocycles. The van der Waals surface area contributed by atoms with Crippen LogP contribution in [0.25, 0.3) is 0 Å². The molecule has 0 aromatic carbocycles. The standard InChI is InChI=1S/C29H52N2O4/c1-18(7-10-26(35)30-13-6-14-31(4)5)21-8-9-22-27-23(17-25(34)29(21,22)3)28(2)12-11-20(32)15-19(28)16-24(27)33/h18-25,27,32-34H,6-17H2,1-5H3,(H,30,35)/t18-,19+,20-,21-,22-,23+,24-,25+,27-,28+,29-/m1/s1. The third-order valence-corrected chi connectivity index (χ3v) is 11.5. The molecule has 0 aliphatic heterocycles. The maximum absolute atomic E-state index is 12.4. The van der Waals surface area contributed by atoms with Gasteiger partial charge in [-0.15, -0.1) is 0 Å². The molecule has 0 spiro atoms. The van der Waals surface area contributed by atoms with E-state index in [0.717, 1.165) is 70.9 Å². The predicted molar refractivity (Wildman–Crippen MR) is 139 cm³/mol. The minimum Gasteiger partial charge on any atom is -0.393 e. The Kier molecular flexibility index (Phi) is 8.27. The van der Waals surface area contributed by atoms with Gasteiger partial charge in [-0.1, -0.05) is 20.8 Å². The molecule has 35 heavy (non-hydrogen) atoms. The Balaban J connectivity index is 1.41. The lowest BCUT2D eigenvalue weighted by Crippen LogP contribution is -2.62. The maximum atomic E-state index is 12.4. The minimum atomic E-state index is -0.363. The number of carbonyl (C=O) groups excluding carboxylic acids is 1. The Labute approximate surface area is 213 Å². The summed E-state index contributed by atoms with van der Waals surface area (Å²) in [7, 11) is 4.09. The number of hydrogen-bond donors (Lipinski definition) is 4. The van der Waals surface area contributed by atoms with Gasteiger partial charge >= 0.3 is 0 Å². The third kappa shape index (κ3) is 5.06. The van der Waals surface area contributed by atoms with Crippen LogP contribution in [0.4, 0.5) is 0 Å². The Bertz CT molecular complexity index is 746. The monoisotopic (exact) mass is 492 g/mol. The van der Waals surface area contributed by atoms with E-state index in [9.17, 15) is 20.1 Å². The van der Waals surface area contributed by atoms with Crippen molar-refractivity contribution in [1.82, 2.24) is 10.2 Å². The molecule has 11 atom stereocenters. The van der Waals surface area contributed by atoms with E-state index in [4.69, 9.17) is 0 Å². The zero-order valence-electron chi connectivity index (χ0n) is 22.9. The van der Waals surface area contributed by atoms with Crippen molar-refractivity contribution in [2.75, 3.05) is 27.2 Å². The van der Waals surface area contributed by atoms with Crippen LogP contribution in [0.3, 0.4) is 0 Å². The Morgan fingerprint density at radius 3 is 2.51 bits per heavy atom. The average molecular weight is 493 g/mol. The fourth-order valence-corrected chi connectivity index (χ4v) is 9.40. The molecule has 4 aliphatic carbocycles. The zero-order valence-corrected chi connectivity index (χ0v) is 22.9. The van der Waals surface area contributed by atoms with Crippen LogP contribution < -0.4 is 5.32 Å². The van der Waals surface area contributed by atoms with Crippen LogP contribution in [0.15, 0.2) is 0 Å². The lowest BCUT2D eigenvalue weighted by Gasteiger charge is -2.63. The summed E-state index contributed by atoms with van der Waals surface area (Å²) in [6.45, 7) is 8.65. The summed E-state index contributed by atoms with van der Waals surface area (Å²) in [6.07, 6.45) is 7.81. The number of aliphatic hydroxyl groups is 3. The highest BCUT2D eigenvalue weighted by Gasteiger charge is 2.65. The van der Waals surface area contributed by atoms with Gasteiger partial charge in [0.25, 0.3) is 0 Å². The first-order valence-electron chi connectivity index (χ1n) is 14.4. The first-order valence-corrected chi connectivity index (χ1v) is 14.4. The molecule has 0 saturated heterocycles. The minimum absolute atomic E-state index is 0.111. The molecule has 0 heterocycles. The summed E-state index contributed by atoms with van der Waals surface area (Å²) in [6, 6.07) is 0. The topological polar surface area (TPSA) is 93.0 Å². The summed E-state index contributed by atoms with van der Waals surface area (Å²) in [5.74, 6) is 2.17. The van der Waals surface area contributed by atoms with E-state index in [1.54, 1.807) is 0 Å². The number of nitrogens with one attached hydrogen (secondary N) is 1. The highest BCUT2D eigenvalue weighted by Crippen LogP contribution is 2.68. The summed E-state index contributed by atoms with van der Waals surface area (Å²) < 4.78 is 0. The van der Waals surface area contributed by atoms with Gasteiger partial charge in [-0.3, -0.25) is 4.79 Å². The largest absolute Gasteiger partial charge is 0.393 e. The van der Waals surface area contributed by atoms with E-state index in [0.29, 0.717) is 36.0 Å². The number of fused-ring (bicyclic) bond motifs is 5. The van der Waals surface area contributed by atoms with Crippen LogP contribution in [0.5, 0.6) is 0 Å². The predicted octanol–water partition coefficient (Wildman–Crippen LogP) is 3.43. The van der Waals surface area contributed by atoms with Crippen molar-refractivity contribution in [3.05, 3.63) is 0 Å². The van der Waals surface area contributed by atoms with Crippen LogP contribution in [-0.4, -0.2) is 71.6 Å². The number of rotatable bonds is 8. The molecule has 1 amide bonds. The summed E-state index contributed by atoms with van der Waals surface area (Å²) >= 11 is 0. The van der Waals surface area contributed by atoms with Crippen LogP contribution >= 0.6 is 0 Å². The molecule has 0 radical (unpaired) electrons. The Morgan fingerprint density at radius 1 is 1.06 bits per heavy atom. The van der Waals surface area contributed by atoms with Gasteiger partial charge in [0.2, 0.25) is 5.91 Å². The zero-order chi connectivity index (χ0) is 25.5. The first kappa shape index (κ1) is 27.3. The highest BCUT2D eigenvalue weighted by molar-refractivity contribution is 5.75. The average Bonchev–Trinajstić information content (AvgIpc) is 3.15. The molecule has 0 aromatic heterocycles. The number of carbonyl (C=O) groups is 1. The highest BCUT2D eigenvalue weighted by atomic mass is 16.3. The van der Waals surface area contributed by atoms with Crippen LogP contribution in [0, 0.1) is 46.3 Å². The molecule has 6 nitrogen and oxygen atoms in total. The number of nitrogens with zero attached hydrogens (tertiary/aromatic N) is 1. The molecule has 202 valence electrons. The molecular weight excluding hydrogens is 440 g/mol. The van der Waals surface area contributed by atoms with Crippen molar-refractivity contribution >= 4 is 5.91 Å². The van der Waals surface area contributed by atoms with Gasteiger partial charge in [0.1, 0.15) is 0 Å². The number of amides is 1. The molecule has 0 unspecified atom stereocenters. The third-order valence-electron chi connectivity index (χ3n) is 11.5. The van der Waals surface area contributed by atoms with Crippen molar-refractivity contribution < 1.29 is 20.1 Å². The van der Waals surface area contributed by atoms with Crippen molar-refractivity contribution in [3.8, 4) is 0 Å². The fraction of sp³-hybridized carbons (Fsp3) is 0.966. The quantitative estimate of drug-likeness (QED) is 0.390. The second kappa shape index (κ2) is 10.6. The van der Waals surface area contributed by atoms with E-state index in [2.05, 4.69) is 31.0 Å². The normalized spacial score (nSPS) is 46.0. The molecule has 4 N–H and O–H groups in total. The lowest BCUT2D eigenvalue weighted by atomic mass is 9.43. The van der Waals surface area contributed by atoms with Gasteiger partial charge in [0.05, 0.1) is 18.3 Å². The smallest absolute Gasteiger partial charge is 0.220 e. The fourth-order valence-electron chi connectivity index (χ4n) is 9.40. The number of hydrogen-bond acceptors (Lipinski definition) is 5. The second-order valence-electron chi connectivity index (χ2n) is 13.5.